The van der Waals surface area contributed by atoms with Crippen molar-refractivity contribution in [2.75, 3.05) is 0 Å². The van der Waals surface area contributed by atoms with Crippen LogP contribution < -0.4 is 0 Å². The molecule has 0 amide bonds. The third kappa shape index (κ3) is 3.62. The van der Waals surface area contributed by atoms with E-state index in [4.69, 9.17) is 0 Å². The first-order valence-electron chi connectivity index (χ1n) is 6.59. The number of benzene rings is 1. The highest BCUT2D eigenvalue weighted by atomic mass is 19.1. The quantitative estimate of drug-likeness (QED) is 0.688. The zero-order valence-electron chi connectivity index (χ0n) is 9.92. The minimum atomic E-state index is -0.102. The Labute approximate surface area is 97.9 Å². The molecule has 0 heterocycles. The Morgan fingerprint density at radius 2 is 1.94 bits per heavy atom. The Balaban J connectivity index is 1.71. The van der Waals surface area contributed by atoms with Crippen LogP contribution in [0, 0.1) is 11.7 Å². The van der Waals surface area contributed by atoms with E-state index in [1.807, 2.05) is 12.1 Å². The van der Waals surface area contributed by atoms with E-state index in [0.29, 0.717) is 0 Å². The van der Waals surface area contributed by atoms with Gasteiger partial charge in [0.1, 0.15) is 5.82 Å². The first kappa shape index (κ1) is 11.6. The molecule has 0 radical (unpaired) electrons. The zero-order chi connectivity index (χ0) is 11.2. The molecule has 0 nitrogen and oxygen atoms in total. The smallest absolute Gasteiger partial charge is 0.123 e. The monoisotopic (exact) mass is 220 g/mol. The van der Waals surface area contributed by atoms with Crippen molar-refractivity contribution in [2.24, 2.45) is 5.92 Å². The van der Waals surface area contributed by atoms with Crippen LogP contribution in [-0.2, 0) is 6.42 Å². The molecular formula is C15H21F. The molecule has 88 valence electrons. The Kier molecular flexibility index (Phi) is 4.38. The normalized spacial score (nSPS) is 17.6. The van der Waals surface area contributed by atoms with Gasteiger partial charge in [0.05, 0.1) is 0 Å². The van der Waals surface area contributed by atoms with E-state index >= 15 is 0 Å². The van der Waals surface area contributed by atoms with Crippen LogP contribution in [0.5, 0.6) is 0 Å². The van der Waals surface area contributed by atoms with Crippen molar-refractivity contribution in [3.63, 3.8) is 0 Å². The maximum Gasteiger partial charge on any atom is 0.123 e. The summed E-state index contributed by atoms with van der Waals surface area (Å²) in [5.74, 6) is 0.845. The fourth-order valence-electron chi connectivity index (χ4n) is 2.76. The average Bonchev–Trinajstić information content (AvgIpc) is 2.30. The van der Waals surface area contributed by atoms with Gasteiger partial charge in [-0.05, 0) is 36.5 Å². The minimum absolute atomic E-state index is 0.102. The van der Waals surface area contributed by atoms with Crippen molar-refractivity contribution < 1.29 is 4.39 Å². The molecule has 0 spiro atoms. The summed E-state index contributed by atoms with van der Waals surface area (Å²) in [5.41, 5.74) is 1.15. The second-order valence-corrected chi connectivity index (χ2v) is 5.03. The fourth-order valence-corrected chi connectivity index (χ4v) is 2.76. The lowest BCUT2D eigenvalue weighted by atomic mass is 9.85. The number of aryl methyl sites for hydroxylation is 1. The molecule has 0 saturated heterocycles. The third-order valence-corrected chi connectivity index (χ3v) is 3.69. The number of hydrogen-bond donors (Lipinski definition) is 0. The molecule has 0 N–H and O–H groups in total. The van der Waals surface area contributed by atoms with Crippen molar-refractivity contribution >= 4 is 0 Å². The fraction of sp³-hybridized carbons (Fsp3) is 0.600. The van der Waals surface area contributed by atoms with Gasteiger partial charge in [0.25, 0.3) is 0 Å². The number of hydrogen-bond acceptors (Lipinski definition) is 0. The van der Waals surface area contributed by atoms with Gasteiger partial charge in [0.2, 0.25) is 0 Å². The standard InChI is InChI=1S/C15H21F/c16-15-11-5-10-14(12-15)9-4-8-13-6-2-1-3-7-13/h5,10-13H,1-4,6-9H2. The lowest BCUT2D eigenvalue weighted by Gasteiger charge is -2.21. The lowest BCUT2D eigenvalue weighted by Crippen LogP contribution is -2.06. The van der Waals surface area contributed by atoms with Crippen LogP contribution >= 0.6 is 0 Å². The Morgan fingerprint density at radius 3 is 2.69 bits per heavy atom. The largest absolute Gasteiger partial charge is 0.207 e. The minimum Gasteiger partial charge on any atom is -0.207 e. The molecule has 0 aliphatic heterocycles. The Hall–Kier alpha value is -0.850. The Morgan fingerprint density at radius 1 is 1.12 bits per heavy atom. The van der Waals surface area contributed by atoms with Gasteiger partial charge in [-0.2, -0.15) is 0 Å². The predicted octanol–water partition coefficient (Wildman–Crippen LogP) is 4.73. The molecule has 1 aromatic rings. The van der Waals surface area contributed by atoms with E-state index in [0.717, 1.165) is 17.9 Å². The molecule has 1 aliphatic carbocycles. The molecule has 1 aliphatic rings. The summed E-state index contributed by atoms with van der Waals surface area (Å²) >= 11 is 0. The first-order chi connectivity index (χ1) is 7.84. The van der Waals surface area contributed by atoms with Crippen LogP contribution in [0.2, 0.25) is 0 Å². The molecule has 1 saturated carbocycles. The molecule has 0 unspecified atom stereocenters. The van der Waals surface area contributed by atoms with Crippen molar-refractivity contribution in [1.29, 1.82) is 0 Å². The highest BCUT2D eigenvalue weighted by molar-refractivity contribution is 5.16. The van der Waals surface area contributed by atoms with Crippen LogP contribution in [0.25, 0.3) is 0 Å². The van der Waals surface area contributed by atoms with E-state index in [9.17, 15) is 4.39 Å². The highest BCUT2D eigenvalue weighted by Gasteiger charge is 2.12. The first-order valence-corrected chi connectivity index (χ1v) is 6.59. The molecule has 16 heavy (non-hydrogen) atoms. The van der Waals surface area contributed by atoms with E-state index in [1.54, 1.807) is 6.07 Å². The molecule has 1 fully saturated rings. The third-order valence-electron chi connectivity index (χ3n) is 3.69. The van der Waals surface area contributed by atoms with Gasteiger partial charge >= 0.3 is 0 Å². The van der Waals surface area contributed by atoms with Crippen LogP contribution in [0.1, 0.15) is 50.5 Å². The number of halogens is 1. The van der Waals surface area contributed by atoms with Gasteiger partial charge in [0.15, 0.2) is 0 Å². The SMILES string of the molecule is Fc1cccc(CCCC2CCCCC2)c1. The van der Waals surface area contributed by atoms with E-state index in [-0.39, 0.29) is 5.82 Å². The van der Waals surface area contributed by atoms with Gasteiger partial charge < -0.3 is 0 Å². The van der Waals surface area contributed by atoms with E-state index in [2.05, 4.69) is 0 Å². The van der Waals surface area contributed by atoms with Crippen LogP contribution in [0.4, 0.5) is 4.39 Å². The number of rotatable bonds is 4. The van der Waals surface area contributed by atoms with Gasteiger partial charge in [-0.25, -0.2) is 4.39 Å². The van der Waals surface area contributed by atoms with Crippen molar-refractivity contribution in [3.05, 3.63) is 35.6 Å². The molecule has 0 bridgehead atoms. The average molecular weight is 220 g/mol. The summed E-state index contributed by atoms with van der Waals surface area (Å²) in [5, 5.41) is 0. The second kappa shape index (κ2) is 6.03. The summed E-state index contributed by atoms with van der Waals surface area (Å²) in [6, 6.07) is 7.03. The molecule has 1 heteroatoms. The summed E-state index contributed by atoms with van der Waals surface area (Å²) < 4.78 is 12.9. The van der Waals surface area contributed by atoms with Crippen LogP contribution in [0.3, 0.4) is 0 Å². The van der Waals surface area contributed by atoms with Gasteiger partial charge in [-0.3, -0.25) is 0 Å². The molecular weight excluding hydrogens is 199 g/mol. The predicted molar refractivity (Wildman–Crippen MR) is 65.9 cm³/mol. The van der Waals surface area contributed by atoms with Crippen molar-refractivity contribution in [1.82, 2.24) is 0 Å². The maximum absolute atomic E-state index is 12.9. The van der Waals surface area contributed by atoms with E-state index < -0.39 is 0 Å². The summed E-state index contributed by atoms with van der Waals surface area (Å²) in [7, 11) is 0. The molecule has 2 rings (SSSR count). The maximum atomic E-state index is 12.9. The topological polar surface area (TPSA) is 0 Å². The second-order valence-electron chi connectivity index (χ2n) is 5.03. The van der Waals surface area contributed by atoms with Crippen molar-refractivity contribution in [2.45, 2.75) is 51.4 Å². The van der Waals surface area contributed by atoms with Gasteiger partial charge in [-0.15, -0.1) is 0 Å². The summed E-state index contributed by atoms with van der Waals surface area (Å²) in [6.07, 6.45) is 10.7. The van der Waals surface area contributed by atoms with E-state index in [1.165, 1.54) is 51.0 Å². The van der Waals surface area contributed by atoms with Gasteiger partial charge in [0, 0.05) is 0 Å². The Bertz CT molecular complexity index is 313. The van der Waals surface area contributed by atoms with Crippen LogP contribution in [0.15, 0.2) is 24.3 Å². The van der Waals surface area contributed by atoms with Crippen LogP contribution in [-0.4, -0.2) is 0 Å². The summed E-state index contributed by atoms with van der Waals surface area (Å²) in [6.45, 7) is 0. The van der Waals surface area contributed by atoms with Gasteiger partial charge in [-0.1, -0.05) is 50.7 Å². The molecule has 0 atom stereocenters. The molecule has 1 aromatic carbocycles. The lowest BCUT2D eigenvalue weighted by molar-refractivity contribution is 0.332. The molecule has 0 aromatic heterocycles. The van der Waals surface area contributed by atoms with Crippen molar-refractivity contribution in [3.8, 4) is 0 Å². The highest BCUT2D eigenvalue weighted by Crippen LogP contribution is 2.27. The zero-order valence-corrected chi connectivity index (χ0v) is 9.92. The summed E-state index contributed by atoms with van der Waals surface area (Å²) in [4.78, 5) is 0.